The highest BCUT2D eigenvalue weighted by Crippen LogP contribution is 2.37. The van der Waals surface area contributed by atoms with E-state index in [1.807, 2.05) is 63.7 Å². The normalized spacial score (nSPS) is 13.2. The Morgan fingerprint density at radius 3 is 2.20 bits per heavy atom. The molecule has 0 fully saturated rings. The molecule has 4 rings (SSSR count). The van der Waals surface area contributed by atoms with Crippen molar-refractivity contribution in [3.05, 3.63) is 66.4 Å². The van der Waals surface area contributed by atoms with E-state index in [4.69, 9.17) is 4.99 Å². The molecule has 0 saturated heterocycles. The maximum atomic E-state index is 4.88. The van der Waals surface area contributed by atoms with Gasteiger partial charge in [-0.3, -0.25) is 0 Å². The van der Waals surface area contributed by atoms with Crippen LogP contribution in [-0.2, 0) is 7.05 Å². The first-order valence-electron chi connectivity index (χ1n) is 9.05. The summed E-state index contributed by atoms with van der Waals surface area (Å²) in [6.07, 6.45) is 2.02. The van der Waals surface area contributed by atoms with Crippen LogP contribution in [0.1, 0.15) is 33.3 Å². The van der Waals surface area contributed by atoms with Gasteiger partial charge in [-0.15, -0.1) is 0 Å². The van der Waals surface area contributed by atoms with E-state index in [1.165, 1.54) is 22.0 Å². The average molecular weight is 334 g/mol. The third-order valence-corrected chi connectivity index (χ3v) is 4.05. The van der Waals surface area contributed by atoms with E-state index in [0.29, 0.717) is 0 Å². The molecule has 0 amide bonds. The van der Waals surface area contributed by atoms with Gasteiger partial charge in [-0.25, -0.2) is 4.57 Å². The van der Waals surface area contributed by atoms with E-state index >= 15 is 0 Å². The Morgan fingerprint density at radius 2 is 1.52 bits per heavy atom. The lowest BCUT2D eigenvalue weighted by molar-refractivity contribution is -0.658. The summed E-state index contributed by atoms with van der Waals surface area (Å²) in [7, 11) is 4.10. The summed E-state index contributed by atoms with van der Waals surface area (Å²) in [5.41, 5.74) is 2.43. The van der Waals surface area contributed by atoms with Crippen LogP contribution in [-0.4, -0.2) is 12.9 Å². The Bertz CT molecular complexity index is 876. The standard InChI is InChI=1S/C18H16N3.2C2H6/c1-20-12-4-3-11-16(20)19-18-14-9-5-7-13-8-6-10-15(17(13)14)21(18)2;2*1-2/h3-12H,1-2H3;2*1-2H3/q+1;;. The molecule has 130 valence electrons. The summed E-state index contributed by atoms with van der Waals surface area (Å²) >= 11 is 0. The SMILES string of the molecule is CC.CC.CN1/C(=N\c2cccc[n+]2C)c2cccc3cccc1c23. The van der Waals surface area contributed by atoms with Crippen LogP contribution in [0.5, 0.6) is 0 Å². The third-order valence-electron chi connectivity index (χ3n) is 4.05. The van der Waals surface area contributed by atoms with E-state index in [2.05, 4.69) is 48.3 Å². The molecule has 0 radical (unpaired) electrons. The highest BCUT2D eigenvalue weighted by Gasteiger charge is 2.29. The number of pyridine rings is 1. The number of aliphatic imine (C=N–C) groups is 1. The molecule has 25 heavy (non-hydrogen) atoms. The number of hydrogen-bond donors (Lipinski definition) is 0. The predicted molar refractivity (Wildman–Crippen MR) is 109 cm³/mol. The number of rotatable bonds is 1. The van der Waals surface area contributed by atoms with Crippen LogP contribution in [0.4, 0.5) is 11.5 Å². The van der Waals surface area contributed by atoms with Crippen LogP contribution in [0.3, 0.4) is 0 Å². The molecule has 3 aromatic rings. The highest BCUT2D eigenvalue weighted by atomic mass is 15.2. The molecule has 0 spiro atoms. The topological polar surface area (TPSA) is 19.5 Å². The monoisotopic (exact) mass is 334 g/mol. The second kappa shape index (κ2) is 8.43. The van der Waals surface area contributed by atoms with Gasteiger partial charge in [-0.05, 0) is 28.6 Å². The molecule has 0 N–H and O–H groups in total. The Labute approximate surface area is 151 Å². The molecule has 0 aliphatic carbocycles. The van der Waals surface area contributed by atoms with Gasteiger partial charge in [-0.1, -0.05) is 58.0 Å². The molecule has 0 bridgehead atoms. The Balaban J connectivity index is 0.000000528. The van der Waals surface area contributed by atoms with Gasteiger partial charge in [0.2, 0.25) is 0 Å². The van der Waals surface area contributed by atoms with E-state index in [9.17, 15) is 0 Å². The van der Waals surface area contributed by atoms with Crippen LogP contribution in [0, 0.1) is 0 Å². The lowest BCUT2D eigenvalue weighted by Crippen LogP contribution is -2.29. The number of aromatic nitrogens is 1. The first-order valence-corrected chi connectivity index (χ1v) is 9.05. The van der Waals surface area contributed by atoms with Crippen molar-refractivity contribution < 1.29 is 4.57 Å². The predicted octanol–water partition coefficient (Wildman–Crippen LogP) is 5.24. The molecule has 1 aliphatic rings. The van der Waals surface area contributed by atoms with Gasteiger partial charge in [-0.2, -0.15) is 0 Å². The summed E-state index contributed by atoms with van der Waals surface area (Å²) in [6, 6.07) is 18.9. The largest absolute Gasteiger partial charge is 0.325 e. The molecule has 0 atom stereocenters. The molecule has 0 saturated carbocycles. The maximum Gasteiger partial charge on any atom is 0.325 e. The Kier molecular flexibility index (Phi) is 6.29. The van der Waals surface area contributed by atoms with Crippen molar-refractivity contribution in [2.24, 2.45) is 12.0 Å². The third kappa shape index (κ3) is 3.41. The van der Waals surface area contributed by atoms with Crippen LogP contribution in [0.15, 0.2) is 65.8 Å². The molecular weight excluding hydrogens is 306 g/mol. The number of hydrogen-bond acceptors (Lipinski definition) is 1. The second-order valence-corrected chi connectivity index (χ2v) is 5.34. The summed E-state index contributed by atoms with van der Waals surface area (Å²) in [4.78, 5) is 7.06. The van der Waals surface area contributed by atoms with E-state index in [0.717, 1.165) is 11.7 Å². The number of anilines is 1. The Morgan fingerprint density at radius 1 is 0.840 bits per heavy atom. The maximum absolute atomic E-state index is 4.88. The first-order chi connectivity index (χ1) is 12.3. The van der Waals surface area contributed by atoms with Gasteiger partial charge in [0.25, 0.3) is 5.84 Å². The number of aryl methyl sites for hydroxylation is 1. The minimum absolute atomic E-state index is 0.948. The minimum atomic E-state index is 0.948. The van der Waals surface area contributed by atoms with Gasteiger partial charge in [0.05, 0.1) is 24.5 Å². The van der Waals surface area contributed by atoms with Crippen LogP contribution in [0.25, 0.3) is 10.8 Å². The first kappa shape index (κ1) is 18.7. The van der Waals surface area contributed by atoms with Crippen molar-refractivity contribution in [1.82, 2.24) is 0 Å². The quantitative estimate of drug-likeness (QED) is 0.557. The number of nitrogens with zero attached hydrogens (tertiary/aromatic N) is 3. The van der Waals surface area contributed by atoms with Crippen LogP contribution in [0.2, 0.25) is 0 Å². The summed E-state index contributed by atoms with van der Waals surface area (Å²) in [5.74, 6) is 1.95. The molecular formula is C22H28N3+. The molecule has 3 nitrogen and oxygen atoms in total. The van der Waals surface area contributed by atoms with Crippen molar-refractivity contribution in [1.29, 1.82) is 0 Å². The molecule has 0 unspecified atom stereocenters. The van der Waals surface area contributed by atoms with Gasteiger partial charge in [0.15, 0.2) is 0 Å². The van der Waals surface area contributed by atoms with Gasteiger partial charge < -0.3 is 4.90 Å². The van der Waals surface area contributed by atoms with Crippen LogP contribution < -0.4 is 9.47 Å². The molecule has 3 heteroatoms. The van der Waals surface area contributed by atoms with Crippen LogP contribution >= 0.6 is 0 Å². The zero-order valence-electron chi connectivity index (χ0n) is 16.1. The van der Waals surface area contributed by atoms with E-state index in [-0.39, 0.29) is 0 Å². The molecule has 2 aromatic carbocycles. The molecule has 2 heterocycles. The lowest BCUT2D eigenvalue weighted by atomic mass is 10.1. The van der Waals surface area contributed by atoms with Gasteiger partial charge in [0, 0.05) is 18.5 Å². The van der Waals surface area contributed by atoms with Crippen molar-refractivity contribution in [2.75, 3.05) is 11.9 Å². The number of benzene rings is 2. The fraction of sp³-hybridized carbons (Fsp3) is 0.273. The summed E-state index contributed by atoms with van der Waals surface area (Å²) < 4.78 is 2.03. The smallest absolute Gasteiger partial charge is 0.308 e. The molecule has 1 aromatic heterocycles. The van der Waals surface area contributed by atoms with Gasteiger partial charge >= 0.3 is 5.82 Å². The summed E-state index contributed by atoms with van der Waals surface area (Å²) in [6.45, 7) is 8.00. The van der Waals surface area contributed by atoms with Gasteiger partial charge in [0.1, 0.15) is 0 Å². The van der Waals surface area contributed by atoms with Crippen molar-refractivity contribution in [3.63, 3.8) is 0 Å². The summed E-state index contributed by atoms with van der Waals surface area (Å²) in [5, 5.41) is 2.55. The fourth-order valence-electron chi connectivity index (χ4n) is 2.96. The fourth-order valence-corrected chi connectivity index (χ4v) is 2.96. The van der Waals surface area contributed by atoms with Crippen molar-refractivity contribution in [3.8, 4) is 0 Å². The highest BCUT2D eigenvalue weighted by molar-refractivity contribution is 6.27. The molecule has 1 aliphatic heterocycles. The van der Waals surface area contributed by atoms with E-state index < -0.39 is 0 Å². The zero-order valence-corrected chi connectivity index (χ0v) is 16.1. The Hall–Kier alpha value is -2.68. The number of amidine groups is 1. The van der Waals surface area contributed by atoms with Crippen molar-refractivity contribution in [2.45, 2.75) is 27.7 Å². The van der Waals surface area contributed by atoms with Crippen molar-refractivity contribution >= 4 is 28.1 Å². The van der Waals surface area contributed by atoms with E-state index in [1.54, 1.807) is 0 Å². The second-order valence-electron chi connectivity index (χ2n) is 5.34. The average Bonchev–Trinajstić information content (AvgIpc) is 2.95. The zero-order chi connectivity index (χ0) is 18.4. The minimum Gasteiger partial charge on any atom is -0.308 e. The lowest BCUT2D eigenvalue weighted by Gasteiger charge is -2.10.